The molecule has 0 saturated heterocycles. The van der Waals surface area contributed by atoms with E-state index in [9.17, 15) is 14.7 Å². The lowest BCUT2D eigenvalue weighted by Crippen LogP contribution is -2.56. The van der Waals surface area contributed by atoms with Crippen molar-refractivity contribution in [2.24, 2.45) is 11.7 Å². The van der Waals surface area contributed by atoms with E-state index in [1.165, 1.54) is 0 Å². The fourth-order valence-electron chi connectivity index (χ4n) is 2.31. The van der Waals surface area contributed by atoms with Crippen LogP contribution in [0.1, 0.15) is 52.4 Å². The number of carboxylic acid groups (broad SMARTS) is 1. The van der Waals surface area contributed by atoms with Crippen LogP contribution in [0, 0.1) is 5.92 Å². The summed E-state index contributed by atoms with van der Waals surface area (Å²) in [6, 6.07) is -0.276. The third-order valence-electron chi connectivity index (χ3n) is 3.93. The van der Waals surface area contributed by atoms with E-state index in [1.54, 1.807) is 13.8 Å². The Morgan fingerprint density at radius 2 is 1.67 bits per heavy atom. The van der Waals surface area contributed by atoms with Crippen molar-refractivity contribution in [2.45, 2.75) is 64.0 Å². The van der Waals surface area contributed by atoms with Gasteiger partial charge in [-0.3, -0.25) is 4.79 Å². The van der Waals surface area contributed by atoms with Crippen LogP contribution in [0.2, 0.25) is 0 Å². The average Bonchev–Trinajstić information content (AvgIpc) is 2.54. The van der Waals surface area contributed by atoms with E-state index in [0.29, 0.717) is 12.8 Å². The number of aliphatic carboxylic acids is 1. The second-order valence-corrected chi connectivity index (χ2v) is 5.44. The first kappa shape index (κ1) is 15.0. The first-order valence-electron chi connectivity index (χ1n) is 6.70. The Labute approximate surface area is 108 Å². The second-order valence-electron chi connectivity index (χ2n) is 5.44. The molecule has 2 unspecified atom stereocenters. The lowest BCUT2D eigenvalue weighted by molar-refractivity contribution is -0.149. The number of hydrogen-bond acceptors (Lipinski definition) is 3. The predicted octanol–water partition coefficient (Wildman–Crippen LogP) is 1.26. The van der Waals surface area contributed by atoms with Gasteiger partial charge in [0.15, 0.2) is 0 Å². The van der Waals surface area contributed by atoms with Crippen LogP contribution in [0.25, 0.3) is 0 Å². The molecule has 0 spiro atoms. The van der Waals surface area contributed by atoms with Crippen LogP contribution < -0.4 is 11.1 Å². The van der Waals surface area contributed by atoms with E-state index >= 15 is 0 Å². The summed E-state index contributed by atoms with van der Waals surface area (Å²) in [7, 11) is 0. The summed E-state index contributed by atoms with van der Waals surface area (Å²) >= 11 is 0. The number of nitrogens with one attached hydrogen (secondary N) is 1. The largest absolute Gasteiger partial charge is 0.480 e. The van der Waals surface area contributed by atoms with Gasteiger partial charge in [-0.25, -0.2) is 4.79 Å². The normalized spacial score (nSPS) is 22.6. The lowest BCUT2D eigenvalue weighted by atomic mass is 9.89. The van der Waals surface area contributed by atoms with Gasteiger partial charge in [0.2, 0.25) is 5.91 Å². The summed E-state index contributed by atoms with van der Waals surface area (Å²) in [6.45, 7) is 3.48. The molecule has 0 radical (unpaired) electrons. The van der Waals surface area contributed by atoms with Crippen molar-refractivity contribution < 1.29 is 14.7 Å². The van der Waals surface area contributed by atoms with Gasteiger partial charge in [-0.05, 0) is 19.8 Å². The molecule has 1 aliphatic rings. The van der Waals surface area contributed by atoms with Gasteiger partial charge in [0, 0.05) is 12.0 Å². The number of rotatable bonds is 4. The predicted molar refractivity (Wildman–Crippen MR) is 69.0 cm³/mol. The highest BCUT2D eigenvalue weighted by atomic mass is 16.4. The molecule has 5 heteroatoms. The molecular weight excluding hydrogens is 232 g/mol. The van der Waals surface area contributed by atoms with Crippen molar-refractivity contribution >= 4 is 11.9 Å². The van der Waals surface area contributed by atoms with Crippen LogP contribution in [-0.4, -0.2) is 28.6 Å². The lowest BCUT2D eigenvalue weighted by Gasteiger charge is -2.31. The van der Waals surface area contributed by atoms with Crippen LogP contribution >= 0.6 is 0 Å². The average molecular weight is 256 g/mol. The molecule has 2 atom stereocenters. The Kier molecular flexibility index (Phi) is 5.14. The number of hydrogen-bond donors (Lipinski definition) is 3. The molecule has 4 N–H and O–H groups in total. The SMILES string of the molecule is CC(N)C(C)C(=O)NC1(C(=O)O)CCCCCC1. The summed E-state index contributed by atoms with van der Waals surface area (Å²) in [6.07, 6.45) is 4.79. The molecule has 1 fully saturated rings. The molecule has 1 amide bonds. The molecule has 0 heterocycles. The van der Waals surface area contributed by atoms with Gasteiger partial charge in [0.05, 0.1) is 0 Å². The van der Waals surface area contributed by atoms with Crippen LogP contribution in [0.4, 0.5) is 0 Å². The van der Waals surface area contributed by atoms with Crippen molar-refractivity contribution in [2.75, 3.05) is 0 Å². The monoisotopic (exact) mass is 256 g/mol. The third kappa shape index (κ3) is 3.45. The van der Waals surface area contributed by atoms with Crippen LogP contribution in [0.3, 0.4) is 0 Å². The Bertz CT molecular complexity index is 307. The van der Waals surface area contributed by atoms with Crippen LogP contribution in [0.15, 0.2) is 0 Å². The Morgan fingerprint density at radius 1 is 1.17 bits per heavy atom. The van der Waals surface area contributed by atoms with Crippen LogP contribution in [-0.2, 0) is 9.59 Å². The van der Waals surface area contributed by atoms with Crippen LogP contribution in [0.5, 0.6) is 0 Å². The van der Waals surface area contributed by atoms with E-state index in [-0.39, 0.29) is 17.9 Å². The first-order valence-corrected chi connectivity index (χ1v) is 6.70. The van der Waals surface area contributed by atoms with Gasteiger partial charge in [-0.2, -0.15) is 0 Å². The Hall–Kier alpha value is -1.10. The van der Waals surface area contributed by atoms with Crippen molar-refractivity contribution in [1.29, 1.82) is 0 Å². The molecule has 104 valence electrons. The zero-order valence-electron chi connectivity index (χ0n) is 11.2. The molecule has 0 aromatic carbocycles. The Morgan fingerprint density at radius 3 is 2.06 bits per heavy atom. The number of nitrogens with two attached hydrogens (primary N) is 1. The van der Waals surface area contributed by atoms with E-state index in [0.717, 1.165) is 25.7 Å². The fourth-order valence-corrected chi connectivity index (χ4v) is 2.31. The van der Waals surface area contributed by atoms with Gasteiger partial charge < -0.3 is 16.2 Å². The molecule has 1 rings (SSSR count). The molecule has 0 aromatic rings. The van der Waals surface area contributed by atoms with Crippen molar-refractivity contribution in [3.05, 3.63) is 0 Å². The van der Waals surface area contributed by atoms with Gasteiger partial charge >= 0.3 is 5.97 Å². The van der Waals surface area contributed by atoms with Crippen molar-refractivity contribution in [3.63, 3.8) is 0 Å². The van der Waals surface area contributed by atoms with Gasteiger partial charge in [-0.1, -0.05) is 32.6 Å². The minimum atomic E-state index is -1.09. The highest BCUT2D eigenvalue weighted by Gasteiger charge is 2.40. The molecule has 0 bridgehead atoms. The Balaban J connectivity index is 2.79. The number of carbonyl (C=O) groups is 2. The minimum Gasteiger partial charge on any atom is -0.480 e. The zero-order valence-corrected chi connectivity index (χ0v) is 11.2. The van der Waals surface area contributed by atoms with Crippen molar-refractivity contribution in [1.82, 2.24) is 5.32 Å². The number of amides is 1. The molecule has 0 aliphatic heterocycles. The van der Waals surface area contributed by atoms with E-state index < -0.39 is 11.5 Å². The highest BCUT2D eigenvalue weighted by Crippen LogP contribution is 2.28. The van der Waals surface area contributed by atoms with Gasteiger partial charge in [-0.15, -0.1) is 0 Å². The second kappa shape index (κ2) is 6.18. The molecule has 0 aromatic heterocycles. The molecule has 1 aliphatic carbocycles. The summed E-state index contributed by atoms with van der Waals surface area (Å²) < 4.78 is 0. The maximum absolute atomic E-state index is 12.0. The summed E-state index contributed by atoms with van der Waals surface area (Å²) in [4.78, 5) is 23.5. The standard InChI is InChI=1S/C13H24N2O3/c1-9(10(2)14)11(16)15-13(12(17)18)7-5-3-4-6-8-13/h9-10H,3-8,14H2,1-2H3,(H,15,16)(H,17,18). The zero-order chi connectivity index (χ0) is 13.8. The van der Waals surface area contributed by atoms with Gasteiger partial charge in [0.25, 0.3) is 0 Å². The molecule has 5 nitrogen and oxygen atoms in total. The first-order chi connectivity index (χ1) is 8.39. The molecule has 18 heavy (non-hydrogen) atoms. The third-order valence-corrected chi connectivity index (χ3v) is 3.93. The van der Waals surface area contributed by atoms with E-state index in [2.05, 4.69) is 5.32 Å². The quantitative estimate of drug-likeness (QED) is 0.660. The van der Waals surface area contributed by atoms with E-state index in [1.807, 2.05) is 0 Å². The van der Waals surface area contributed by atoms with Gasteiger partial charge in [0.1, 0.15) is 5.54 Å². The summed E-state index contributed by atoms with van der Waals surface area (Å²) in [5.41, 5.74) is 4.60. The summed E-state index contributed by atoms with van der Waals surface area (Å²) in [5, 5.41) is 12.2. The maximum Gasteiger partial charge on any atom is 0.329 e. The number of carboxylic acids is 1. The fraction of sp³-hybridized carbons (Fsp3) is 0.846. The molecular formula is C13H24N2O3. The van der Waals surface area contributed by atoms with E-state index in [4.69, 9.17) is 5.73 Å². The topological polar surface area (TPSA) is 92.4 Å². The summed E-state index contributed by atoms with van der Waals surface area (Å²) in [5.74, 6) is -1.55. The minimum absolute atomic E-state index is 0.255. The smallest absolute Gasteiger partial charge is 0.329 e. The highest BCUT2D eigenvalue weighted by molar-refractivity contribution is 5.88. The number of carbonyl (C=O) groups excluding carboxylic acids is 1. The maximum atomic E-state index is 12.0. The van der Waals surface area contributed by atoms with Crippen molar-refractivity contribution in [3.8, 4) is 0 Å². The molecule has 1 saturated carbocycles.